The van der Waals surface area contributed by atoms with E-state index in [-0.39, 0.29) is 5.92 Å². The van der Waals surface area contributed by atoms with Crippen molar-refractivity contribution >= 4 is 34.4 Å². The van der Waals surface area contributed by atoms with Gasteiger partial charge in [0.1, 0.15) is 0 Å². The monoisotopic (exact) mass is 447 g/mol. The van der Waals surface area contributed by atoms with E-state index in [1.165, 1.54) is 54.3 Å². The molecule has 2 amide bonds. The molecule has 172 valence electrons. The van der Waals surface area contributed by atoms with Crippen molar-refractivity contribution in [2.45, 2.75) is 44.4 Å². The summed E-state index contributed by atoms with van der Waals surface area (Å²) in [6.45, 7) is 2.18. The highest BCUT2D eigenvalue weighted by atomic mass is 16.5. The zero-order chi connectivity index (χ0) is 22.9. The molecule has 1 aliphatic heterocycles. The first-order chi connectivity index (χ1) is 16.1. The van der Waals surface area contributed by atoms with E-state index in [2.05, 4.69) is 28.4 Å². The fourth-order valence-corrected chi connectivity index (χ4v) is 5.43. The summed E-state index contributed by atoms with van der Waals surface area (Å²) in [4.78, 5) is 26.7. The van der Waals surface area contributed by atoms with Crippen LogP contribution in [0, 0.1) is 0 Å². The number of aromatic nitrogens is 2. The van der Waals surface area contributed by atoms with E-state index >= 15 is 0 Å². The van der Waals surface area contributed by atoms with Gasteiger partial charge < -0.3 is 20.7 Å². The van der Waals surface area contributed by atoms with E-state index in [0.29, 0.717) is 11.2 Å². The zero-order valence-electron chi connectivity index (χ0n) is 18.8. The third kappa shape index (κ3) is 3.79. The van der Waals surface area contributed by atoms with E-state index in [0.717, 1.165) is 37.0 Å². The second-order valence-electron chi connectivity index (χ2n) is 8.79. The molecular formula is C25H29N5O3. The summed E-state index contributed by atoms with van der Waals surface area (Å²) in [7, 11) is 1.33. The molecule has 8 heteroatoms. The molecule has 3 N–H and O–H groups in total. The number of nitrogens with two attached hydrogens (primary N) is 1. The minimum atomic E-state index is -0.658. The highest BCUT2D eigenvalue weighted by Crippen LogP contribution is 2.45. The Labute approximate surface area is 192 Å². The second-order valence-corrected chi connectivity index (χ2v) is 8.79. The van der Waals surface area contributed by atoms with Gasteiger partial charge in [-0.25, -0.2) is 9.59 Å². The summed E-state index contributed by atoms with van der Waals surface area (Å²) in [6.07, 6.45) is 6.30. The Morgan fingerprint density at radius 1 is 1.09 bits per heavy atom. The number of carbonyl (C=O) groups excluding carboxylic acids is 2. The first kappa shape index (κ1) is 21.3. The van der Waals surface area contributed by atoms with E-state index < -0.39 is 12.1 Å². The maximum Gasteiger partial charge on any atom is 0.434 e. The van der Waals surface area contributed by atoms with Crippen molar-refractivity contribution < 1.29 is 14.3 Å². The molecular weight excluding hydrogens is 418 g/mol. The Hall–Kier alpha value is -3.55. The minimum Gasteiger partial charge on any atom is -0.451 e. The summed E-state index contributed by atoms with van der Waals surface area (Å²) in [5.41, 5.74) is 11.2. The third-order valence-electron chi connectivity index (χ3n) is 6.86. The van der Waals surface area contributed by atoms with Crippen molar-refractivity contribution in [2.24, 2.45) is 5.73 Å². The molecule has 0 saturated carbocycles. The van der Waals surface area contributed by atoms with Gasteiger partial charge in [0.2, 0.25) is 0 Å². The largest absolute Gasteiger partial charge is 0.451 e. The molecule has 1 saturated heterocycles. The topological polar surface area (TPSA) is 102 Å². The number of urea groups is 1. The lowest BCUT2D eigenvalue weighted by Gasteiger charge is -2.25. The van der Waals surface area contributed by atoms with Gasteiger partial charge in [-0.15, -0.1) is 0 Å². The standard InChI is InChI=1S/C25H29N5O3/c1-33-25(32)30-21-11-7-9-19(27-24(26)31)22(21)23(28-30)18-13-12-17-16(18)8-6-10-20(17)29-14-4-2-3-5-15-29/h6-11,18H,2-5,12-15H2,1H3,(H3,26,27,31). The summed E-state index contributed by atoms with van der Waals surface area (Å²) in [6, 6.07) is 11.2. The van der Waals surface area contributed by atoms with Gasteiger partial charge in [0.05, 0.1) is 24.0 Å². The number of rotatable bonds is 3. The number of nitrogens with one attached hydrogen (secondary N) is 1. The molecule has 0 radical (unpaired) electrons. The van der Waals surface area contributed by atoms with Crippen LogP contribution in [-0.2, 0) is 11.2 Å². The molecule has 1 fully saturated rings. The van der Waals surface area contributed by atoms with Crippen molar-refractivity contribution in [1.82, 2.24) is 9.78 Å². The number of benzene rings is 2. The van der Waals surface area contributed by atoms with Gasteiger partial charge >= 0.3 is 12.1 Å². The van der Waals surface area contributed by atoms with E-state index in [1.54, 1.807) is 18.2 Å². The molecule has 1 unspecified atom stereocenters. The number of amides is 2. The first-order valence-electron chi connectivity index (χ1n) is 11.6. The Morgan fingerprint density at radius 3 is 2.58 bits per heavy atom. The molecule has 5 rings (SSSR count). The van der Waals surface area contributed by atoms with Crippen LogP contribution in [0.5, 0.6) is 0 Å². The smallest absolute Gasteiger partial charge is 0.434 e. The van der Waals surface area contributed by atoms with Crippen LogP contribution in [0.1, 0.15) is 54.8 Å². The molecule has 1 aliphatic carbocycles. The maximum atomic E-state index is 12.5. The van der Waals surface area contributed by atoms with Crippen LogP contribution in [0.4, 0.5) is 21.0 Å². The summed E-state index contributed by atoms with van der Waals surface area (Å²) in [5, 5.41) is 8.13. The lowest BCUT2D eigenvalue weighted by Crippen LogP contribution is -2.25. The molecule has 1 aromatic heterocycles. The molecule has 33 heavy (non-hydrogen) atoms. The molecule has 3 aromatic rings. The van der Waals surface area contributed by atoms with Crippen molar-refractivity contribution in [1.29, 1.82) is 0 Å². The van der Waals surface area contributed by atoms with Crippen molar-refractivity contribution in [3.05, 3.63) is 53.2 Å². The van der Waals surface area contributed by atoms with Crippen molar-refractivity contribution in [3.63, 3.8) is 0 Å². The molecule has 0 bridgehead atoms. The summed E-state index contributed by atoms with van der Waals surface area (Å²) in [5.74, 6) is 0.0103. The van der Waals surface area contributed by atoms with E-state index in [4.69, 9.17) is 15.6 Å². The fourth-order valence-electron chi connectivity index (χ4n) is 5.43. The SMILES string of the molecule is COC(=O)n1nc(C2CCc3c2cccc3N2CCCCCC2)c2c(NC(N)=O)cccc21. The summed E-state index contributed by atoms with van der Waals surface area (Å²) < 4.78 is 6.24. The highest BCUT2D eigenvalue weighted by Gasteiger charge is 2.32. The van der Waals surface area contributed by atoms with Gasteiger partial charge in [0.15, 0.2) is 0 Å². The minimum absolute atomic E-state index is 0.0103. The Kier molecular flexibility index (Phi) is 5.66. The predicted molar refractivity (Wildman–Crippen MR) is 128 cm³/mol. The molecule has 8 nitrogen and oxygen atoms in total. The number of nitrogens with zero attached hydrogens (tertiary/aromatic N) is 3. The fraction of sp³-hybridized carbons (Fsp3) is 0.400. The number of fused-ring (bicyclic) bond motifs is 2. The lowest BCUT2D eigenvalue weighted by molar-refractivity contribution is 0.170. The van der Waals surface area contributed by atoms with Gasteiger partial charge in [-0.3, -0.25) is 0 Å². The molecule has 1 atom stereocenters. The Morgan fingerprint density at radius 2 is 1.85 bits per heavy atom. The molecule has 2 aliphatic rings. The van der Waals surface area contributed by atoms with Gasteiger partial charge in [0, 0.05) is 30.1 Å². The Bertz CT molecular complexity index is 1210. The quantitative estimate of drug-likeness (QED) is 0.611. The number of ether oxygens (including phenoxy) is 1. The molecule has 2 heterocycles. The first-order valence-corrected chi connectivity index (χ1v) is 11.6. The number of carbonyl (C=O) groups is 2. The molecule has 0 spiro atoms. The number of hydrogen-bond donors (Lipinski definition) is 2. The molecule has 2 aromatic carbocycles. The van der Waals surface area contributed by atoms with Crippen LogP contribution in [0.15, 0.2) is 36.4 Å². The number of methoxy groups -OCH3 is 1. The zero-order valence-corrected chi connectivity index (χ0v) is 18.8. The van der Waals surface area contributed by atoms with Gasteiger partial charge in [0.25, 0.3) is 0 Å². The average Bonchev–Trinajstić information content (AvgIpc) is 3.30. The van der Waals surface area contributed by atoms with Crippen molar-refractivity contribution in [2.75, 3.05) is 30.4 Å². The van der Waals surface area contributed by atoms with E-state index in [1.807, 2.05) is 0 Å². The number of primary amides is 1. The van der Waals surface area contributed by atoms with Crippen LogP contribution in [0.2, 0.25) is 0 Å². The highest BCUT2D eigenvalue weighted by molar-refractivity contribution is 6.03. The van der Waals surface area contributed by atoms with Gasteiger partial charge in [-0.1, -0.05) is 31.0 Å². The van der Waals surface area contributed by atoms with Crippen molar-refractivity contribution in [3.8, 4) is 0 Å². The predicted octanol–water partition coefficient (Wildman–Crippen LogP) is 4.60. The van der Waals surface area contributed by atoms with Crippen LogP contribution in [0.25, 0.3) is 10.9 Å². The Balaban J connectivity index is 1.63. The second kappa shape index (κ2) is 8.77. The maximum absolute atomic E-state index is 12.5. The number of hydrogen-bond acceptors (Lipinski definition) is 5. The number of anilines is 2. The van der Waals surface area contributed by atoms with Gasteiger partial charge in [-0.2, -0.15) is 9.78 Å². The average molecular weight is 448 g/mol. The van der Waals surface area contributed by atoms with Crippen LogP contribution >= 0.6 is 0 Å². The van der Waals surface area contributed by atoms with E-state index in [9.17, 15) is 9.59 Å². The normalized spacial score (nSPS) is 18.1. The van der Waals surface area contributed by atoms with Crippen LogP contribution < -0.4 is 16.0 Å². The summed E-state index contributed by atoms with van der Waals surface area (Å²) >= 11 is 0. The van der Waals surface area contributed by atoms with Gasteiger partial charge in [-0.05, 0) is 55.0 Å². The third-order valence-corrected chi connectivity index (χ3v) is 6.86. The van der Waals surface area contributed by atoms with Crippen LogP contribution in [-0.4, -0.2) is 42.1 Å². The van der Waals surface area contributed by atoms with Crippen LogP contribution in [0.3, 0.4) is 0 Å². The lowest BCUT2D eigenvalue weighted by atomic mass is 9.94.